The van der Waals surface area contributed by atoms with Crippen LogP contribution in [0.25, 0.3) is 11.7 Å². The van der Waals surface area contributed by atoms with E-state index in [1.165, 1.54) is 18.4 Å². The number of hydrogen-bond donors (Lipinski definition) is 2. The molecule has 0 aliphatic heterocycles. The van der Waals surface area contributed by atoms with E-state index >= 15 is 0 Å². The smallest absolute Gasteiger partial charge is 0.284 e. The molecule has 0 aliphatic rings. The van der Waals surface area contributed by atoms with E-state index in [4.69, 9.17) is 8.83 Å². The molecule has 22 heavy (non-hydrogen) atoms. The number of phenolic OH excluding ortho intramolecular Hbond substituents is 1. The molecule has 8 heteroatoms. The van der Waals surface area contributed by atoms with Crippen molar-refractivity contribution in [1.82, 2.24) is 10.2 Å². The van der Waals surface area contributed by atoms with Crippen LogP contribution in [0.5, 0.6) is 5.75 Å². The van der Waals surface area contributed by atoms with E-state index in [1.54, 1.807) is 24.3 Å². The Morgan fingerprint density at radius 3 is 2.77 bits per heavy atom. The lowest BCUT2D eigenvalue weighted by molar-refractivity contribution is -0.113. The van der Waals surface area contributed by atoms with Crippen LogP contribution in [-0.4, -0.2) is 27.0 Å². The fraction of sp³-hybridized carbons (Fsp3) is 0.0714. The largest absolute Gasteiger partial charge is 0.508 e. The summed E-state index contributed by atoms with van der Waals surface area (Å²) in [6.45, 7) is 0. The number of phenols is 1. The van der Waals surface area contributed by atoms with Crippen molar-refractivity contribution in [3.8, 4) is 17.4 Å². The van der Waals surface area contributed by atoms with Gasteiger partial charge in [-0.2, -0.15) is 0 Å². The van der Waals surface area contributed by atoms with Crippen LogP contribution in [0.1, 0.15) is 0 Å². The van der Waals surface area contributed by atoms with Crippen molar-refractivity contribution in [2.45, 2.75) is 5.22 Å². The first-order valence-electron chi connectivity index (χ1n) is 6.30. The van der Waals surface area contributed by atoms with Crippen LogP contribution in [0.3, 0.4) is 0 Å². The number of rotatable bonds is 5. The van der Waals surface area contributed by atoms with Gasteiger partial charge in [0.1, 0.15) is 5.75 Å². The summed E-state index contributed by atoms with van der Waals surface area (Å²) in [5.74, 6) is 0.803. The highest BCUT2D eigenvalue weighted by Crippen LogP contribution is 2.23. The molecule has 0 saturated carbocycles. The molecule has 0 radical (unpaired) electrons. The van der Waals surface area contributed by atoms with E-state index in [9.17, 15) is 9.90 Å². The van der Waals surface area contributed by atoms with E-state index < -0.39 is 0 Å². The number of thioether (sulfide) groups is 1. The molecule has 3 aromatic rings. The molecule has 0 spiro atoms. The number of nitrogens with zero attached hydrogens (tertiary/aromatic N) is 2. The second-order valence-electron chi connectivity index (χ2n) is 4.23. The van der Waals surface area contributed by atoms with Crippen LogP contribution >= 0.6 is 11.8 Å². The molecule has 0 atom stereocenters. The summed E-state index contributed by atoms with van der Waals surface area (Å²) in [5, 5.41) is 19.8. The van der Waals surface area contributed by atoms with Crippen LogP contribution in [-0.2, 0) is 4.79 Å². The van der Waals surface area contributed by atoms with Crippen molar-refractivity contribution in [1.29, 1.82) is 0 Å². The fourth-order valence-corrected chi connectivity index (χ4v) is 2.20. The lowest BCUT2D eigenvalue weighted by Crippen LogP contribution is -2.13. The molecule has 0 bridgehead atoms. The van der Waals surface area contributed by atoms with Crippen molar-refractivity contribution >= 4 is 23.4 Å². The van der Waals surface area contributed by atoms with Crippen LogP contribution < -0.4 is 5.32 Å². The van der Waals surface area contributed by atoms with Gasteiger partial charge in [-0.1, -0.05) is 11.8 Å². The van der Waals surface area contributed by atoms with Crippen LogP contribution in [0.15, 0.2) is 56.7 Å². The van der Waals surface area contributed by atoms with E-state index in [0.29, 0.717) is 11.4 Å². The van der Waals surface area contributed by atoms with Crippen LogP contribution in [0.2, 0.25) is 0 Å². The predicted molar refractivity (Wildman–Crippen MR) is 79.5 cm³/mol. The third kappa shape index (κ3) is 3.47. The Labute approximate surface area is 129 Å². The molecule has 2 N–H and O–H groups in total. The molecule has 112 valence electrons. The van der Waals surface area contributed by atoms with E-state index in [-0.39, 0.29) is 28.5 Å². The predicted octanol–water partition coefficient (Wildman–Crippen LogP) is 2.77. The molecular weight excluding hydrogens is 306 g/mol. The number of aromatic nitrogens is 2. The van der Waals surface area contributed by atoms with Gasteiger partial charge in [0.05, 0.1) is 12.0 Å². The Balaban J connectivity index is 1.54. The molecule has 3 rings (SSSR count). The monoisotopic (exact) mass is 317 g/mol. The lowest BCUT2D eigenvalue weighted by Gasteiger charge is -2.03. The van der Waals surface area contributed by atoms with Gasteiger partial charge < -0.3 is 19.3 Å². The maximum absolute atomic E-state index is 11.8. The number of nitrogens with one attached hydrogen (secondary N) is 1. The minimum Gasteiger partial charge on any atom is -0.508 e. The maximum atomic E-state index is 11.8. The summed E-state index contributed by atoms with van der Waals surface area (Å²) in [5.41, 5.74) is 0.602. The first kappa shape index (κ1) is 14.2. The van der Waals surface area contributed by atoms with Gasteiger partial charge in [-0.3, -0.25) is 4.79 Å². The highest BCUT2D eigenvalue weighted by Gasteiger charge is 2.12. The van der Waals surface area contributed by atoms with Crippen molar-refractivity contribution < 1.29 is 18.7 Å². The van der Waals surface area contributed by atoms with Gasteiger partial charge in [-0.05, 0) is 36.4 Å². The van der Waals surface area contributed by atoms with Gasteiger partial charge in [0.2, 0.25) is 5.91 Å². The summed E-state index contributed by atoms with van der Waals surface area (Å²) < 4.78 is 10.5. The Morgan fingerprint density at radius 1 is 1.23 bits per heavy atom. The molecule has 1 amide bonds. The van der Waals surface area contributed by atoms with Gasteiger partial charge in [0.25, 0.3) is 11.1 Å². The average molecular weight is 317 g/mol. The quantitative estimate of drug-likeness (QED) is 0.551. The van der Waals surface area contributed by atoms with Crippen molar-refractivity contribution in [3.63, 3.8) is 0 Å². The number of furan rings is 1. The zero-order valence-electron chi connectivity index (χ0n) is 11.2. The summed E-state index contributed by atoms with van der Waals surface area (Å²) in [4.78, 5) is 11.8. The summed E-state index contributed by atoms with van der Waals surface area (Å²) in [7, 11) is 0. The molecule has 0 unspecified atom stereocenters. The second-order valence-corrected chi connectivity index (χ2v) is 5.16. The van der Waals surface area contributed by atoms with Gasteiger partial charge >= 0.3 is 0 Å². The molecule has 7 nitrogen and oxygen atoms in total. The van der Waals surface area contributed by atoms with E-state index in [0.717, 1.165) is 11.8 Å². The maximum Gasteiger partial charge on any atom is 0.284 e. The lowest BCUT2D eigenvalue weighted by atomic mass is 10.3. The summed E-state index contributed by atoms with van der Waals surface area (Å²) in [6.07, 6.45) is 1.51. The molecular formula is C14H11N3O4S. The highest BCUT2D eigenvalue weighted by molar-refractivity contribution is 7.99. The number of benzene rings is 1. The fourth-order valence-electron chi connectivity index (χ4n) is 1.64. The number of anilines is 1. The number of carbonyl (C=O) groups excluding carboxylic acids is 1. The standard InChI is InChI=1S/C14H11N3O4S/c18-10-5-3-9(4-6-10)15-12(19)8-22-14-17-16-13(21-14)11-2-1-7-20-11/h1-7,18H,8H2,(H,15,19). The summed E-state index contributed by atoms with van der Waals surface area (Å²) in [6, 6.07) is 9.64. The minimum absolute atomic E-state index is 0.126. The molecule has 2 heterocycles. The van der Waals surface area contributed by atoms with E-state index in [2.05, 4.69) is 15.5 Å². The molecule has 1 aromatic carbocycles. The van der Waals surface area contributed by atoms with Gasteiger partial charge in [-0.25, -0.2) is 0 Å². The number of amides is 1. The van der Waals surface area contributed by atoms with Gasteiger partial charge in [-0.15, -0.1) is 10.2 Å². The summed E-state index contributed by atoms with van der Waals surface area (Å²) >= 11 is 1.13. The van der Waals surface area contributed by atoms with Crippen molar-refractivity contribution in [2.75, 3.05) is 11.1 Å². The van der Waals surface area contributed by atoms with Gasteiger partial charge in [0.15, 0.2) is 5.76 Å². The third-order valence-corrected chi connectivity index (χ3v) is 3.43. The van der Waals surface area contributed by atoms with Gasteiger partial charge in [0, 0.05) is 5.69 Å². The zero-order valence-corrected chi connectivity index (χ0v) is 12.0. The molecule has 0 aliphatic carbocycles. The highest BCUT2D eigenvalue weighted by atomic mass is 32.2. The van der Waals surface area contributed by atoms with Crippen LogP contribution in [0, 0.1) is 0 Å². The Hall–Kier alpha value is -2.74. The third-order valence-electron chi connectivity index (χ3n) is 2.62. The van der Waals surface area contributed by atoms with Crippen LogP contribution in [0.4, 0.5) is 5.69 Å². The Kier molecular flexibility index (Phi) is 4.10. The van der Waals surface area contributed by atoms with Crippen molar-refractivity contribution in [3.05, 3.63) is 42.7 Å². The SMILES string of the molecule is O=C(CSc1nnc(-c2ccco2)o1)Nc1ccc(O)cc1. The number of aromatic hydroxyl groups is 1. The number of hydrogen-bond acceptors (Lipinski definition) is 7. The van der Waals surface area contributed by atoms with E-state index in [1.807, 2.05) is 0 Å². The topological polar surface area (TPSA) is 101 Å². The Bertz CT molecular complexity index is 753. The first-order chi connectivity index (χ1) is 10.7. The Morgan fingerprint density at radius 2 is 2.05 bits per heavy atom. The molecule has 2 aromatic heterocycles. The average Bonchev–Trinajstić information content (AvgIpc) is 3.18. The minimum atomic E-state index is -0.214. The second kappa shape index (κ2) is 6.35. The molecule has 0 fully saturated rings. The normalized spacial score (nSPS) is 10.5. The first-order valence-corrected chi connectivity index (χ1v) is 7.28. The molecule has 0 saturated heterocycles. The number of carbonyl (C=O) groups is 1. The van der Waals surface area contributed by atoms with Crippen molar-refractivity contribution in [2.24, 2.45) is 0 Å². The zero-order chi connectivity index (χ0) is 15.4.